The summed E-state index contributed by atoms with van der Waals surface area (Å²) < 4.78 is 5.36. The summed E-state index contributed by atoms with van der Waals surface area (Å²) in [5, 5.41) is 9.78. The first-order chi connectivity index (χ1) is 9.43. The molecule has 1 aromatic rings. The number of methoxy groups -OCH3 is 1. The van der Waals surface area contributed by atoms with E-state index in [0.717, 1.165) is 24.5 Å². The van der Waals surface area contributed by atoms with Gasteiger partial charge in [0.25, 0.3) is 5.91 Å². The molecule has 0 spiro atoms. The van der Waals surface area contributed by atoms with Gasteiger partial charge >= 0.3 is 0 Å². The first-order valence-electron chi connectivity index (χ1n) is 6.83. The van der Waals surface area contributed by atoms with E-state index in [-0.39, 0.29) is 5.91 Å². The van der Waals surface area contributed by atoms with Crippen LogP contribution in [-0.2, 0) is 4.79 Å². The highest BCUT2D eigenvalue weighted by atomic mass is 16.5. The van der Waals surface area contributed by atoms with E-state index in [9.17, 15) is 9.90 Å². The molecule has 0 bridgehead atoms. The Morgan fingerprint density at radius 1 is 1.20 bits per heavy atom. The number of piperazine rings is 1. The normalized spacial score (nSPS) is 16.2. The third kappa shape index (κ3) is 3.04. The van der Waals surface area contributed by atoms with Crippen LogP contribution in [-0.4, -0.2) is 54.8 Å². The SMILES string of the molecule is COc1ccccc1N1CCN(C(=O)C(C)(C)O)CC1. The zero-order valence-corrected chi connectivity index (χ0v) is 12.3. The van der Waals surface area contributed by atoms with Gasteiger partial charge < -0.3 is 19.6 Å². The molecule has 1 saturated heterocycles. The van der Waals surface area contributed by atoms with E-state index in [2.05, 4.69) is 4.90 Å². The highest BCUT2D eigenvalue weighted by Gasteiger charge is 2.31. The molecular formula is C15H22N2O3. The van der Waals surface area contributed by atoms with Crippen molar-refractivity contribution in [2.45, 2.75) is 19.4 Å². The fraction of sp³-hybridized carbons (Fsp3) is 0.533. The Hall–Kier alpha value is -1.75. The number of benzene rings is 1. The number of aliphatic hydroxyl groups is 1. The molecule has 0 aliphatic carbocycles. The largest absolute Gasteiger partial charge is 0.495 e. The Morgan fingerprint density at radius 3 is 2.35 bits per heavy atom. The number of nitrogens with zero attached hydrogens (tertiary/aromatic N) is 2. The van der Waals surface area contributed by atoms with Gasteiger partial charge in [-0.05, 0) is 26.0 Å². The Bertz CT molecular complexity index is 474. The molecule has 110 valence electrons. The predicted molar refractivity (Wildman–Crippen MR) is 78.1 cm³/mol. The summed E-state index contributed by atoms with van der Waals surface area (Å²) in [5.41, 5.74) is -0.252. The first kappa shape index (κ1) is 14.7. The highest BCUT2D eigenvalue weighted by Crippen LogP contribution is 2.28. The molecule has 1 N–H and O–H groups in total. The molecule has 5 heteroatoms. The van der Waals surface area contributed by atoms with Gasteiger partial charge in [-0.2, -0.15) is 0 Å². The van der Waals surface area contributed by atoms with E-state index in [0.29, 0.717) is 13.1 Å². The number of ether oxygens (including phenoxy) is 1. The Labute approximate surface area is 119 Å². The van der Waals surface area contributed by atoms with Gasteiger partial charge in [-0.1, -0.05) is 12.1 Å². The van der Waals surface area contributed by atoms with Crippen LogP contribution in [0, 0.1) is 0 Å². The molecule has 0 aromatic heterocycles. The molecule has 0 atom stereocenters. The van der Waals surface area contributed by atoms with Crippen molar-refractivity contribution in [2.75, 3.05) is 38.2 Å². The van der Waals surface area contributed by atoms with Crippen LogP contribution in [0.4, 0.5) is 5.69 Å². The number of carbonyl (C=O) groups excluding carboxylic acids is 1. The number of carbonyl (C=O) groups is 1. The number of amides is 1. The second kappa shape index (κ2) is 5.71. The van der Waals surface area contributed by atoms with Crippen molar-refractivity contribution in [3.63, 3.8) is 0 Å². The lowest BCUT2D eigenvalue weighted by molar-refractivity contribution is -0.148. The fourth-order valence-corrected chi connectivity index (χ4v) is 2.43. The summed E-state index contributed by atoms with van der Waals surface area (Å²) in [6.07, 6.45) is 0. The third-order valence-electron chi connectivity index (χ3n) is 3.52. The third-order valence-corrected chi connectivity index (χ3v) is 3.52. The molecule has 1 aliphatic heterocycles. The maximum atomic E-state index is 12.0. The number of anilines is 1. The lowest BCUT2D eigenvalue weighted by atomic mass is 10.1. The van der Waals surface area contributed by atoms with E-state index in [1.807, 2.05) is 24.3 Å². The quantitative estimate of drug-likeness (QED) is 0.900. The van der Waals surface area contributed by atoms with Crippen LogP contribution in [0.15, 0.2) is 24.3 Å². The van der Waals surface area contributed by atoms with E-state index in [1.54, 1.807) is 12.0 Å². The van der Waals surface area contributed by atoms with Crippen LogP contribution < -0.4 is 9.64 Å². The van der Waals surface area contributed by atoms with E-state index >= 15 is 0 Å². The Kier molecular flexibility index (Phi) is 4.18. The van der Waals surface area contributed by atoms with E-state index < -0.39 is 5.60 Å². The van der Waals surface area contributed by atoms with Gasteiger partial charge in [0.15, 0.2) is 0 Å². The van der Waals surface area contributed by atoms with Gasteiger partial charge in [-0.25, -0.2) is 0 Å². The number of hydrogen-bond acceptors (Lipinski definition) is 4. The van der Waals surface area contributed by atoms with Crippen LogP contribution >= 0.6 is 0 Å². The van der Waals surface area contributed by atoms with E-state index in [4.69, 9.17) is 4.74 Å². The molecular weight excluding hydrogens is 256 g/mol. The molecule has 1 amide bonds. The summed E-state index contributed by atoms with van der Waals surface area (Å²) >= 11 is 0. The molecule has 1 aromatic carbocycles. The van der Waals surface area contributed by atoms with Crippen molar-refractivity contribution < 1.29 is 14.6 Å². The van der Waals surface area contributed by atoms with Crippen LogP contribution in [0.5, 0.6) is 5.75 Å². The average Bonchev–Trinajstić information content (AvgIpc) is 2.45. The van der Waals surface area contributed by atoms with Crippen LogP contribution in [0.2, 0.25) is 0 Å². The average molecular weight is 278 g/mol. The number of rotatable bonds is 3. The van der Waals surface area contributed by atoms with Crippen LogP contribution in [0.1, 0.15) is 13.8 Å². The second-order valence-electron chi connectivity index (χ2n) is 5.51. The molecule has 0 saturated carbocycles. The minimum Gasteiger partial charge on any atom is -0.495 e. The molecule has 0 radical (unpaired) electrons. The summed E-state index contributed by atoms with van der Waals surface area (Å²) in [7, 11) is 1.66. The predicted octanol–water partition coefficient (Wildman–Crippen LogP) is 1.11. The van der Waals surface area contributed by atoms with Gasteiger partial charge in [0.2, 0.25) is 0 Å². The second-order valence-corrected chi connectivity index (χ2v) is 5.51. The van der Waals surface area contributed by atoms with Crippen molar-refractivity contribution in [3.8, 4) is 5.75 Å². The van der Waals surface area contributed by atoms with Crippen molar-refractivity contribution in [2.24, 2.45) is 0 Å². The fourth-order valence-electron chi connectivity index (χ4n) is 2.43. The van der Waals surface area contributed by atoms with Gasteiger partial charge in [0.05, 0.1) is 12.8 Å². The molecule has 2 rings (SSSR count). The summed E-state index contributed by atoms with van der Waals surface area (Å²) in [6, 6.07) is 7.87. The highest BCUT2D eigenvalue weighted by molar-refractivity contribution is 5.84. The number of para-hydroxylation sites is 2. The summed E-state index contributed by atoms with van der Waals surface area (Å²) in [4.78, 5) is 15.9. The van der Waals surface area contributed by atoms with Crippen molar-refractivity contribution in [1.82, 2.24) is 4.90 Å². The molecule has 20 heavy (non-hydrogen) atoms. The number of hydrogen-bond donors (Lipinski definition) is 1. The minimum absolute atomic E-state index is 0.211. The molecule has 1 heterocycles. The van der Waals surface area contributed by atoms with Crippen LogP contribution in [0.25, 0.3) is 0 Å². The Balaban J connectivity index is 2.03. The molecule has 1 fully saturated rings. The van der Waals surface area contributed by atoms with Crippen molar-refractivity contribution in [1.29, 1.82) is 0 Å². The monoisotopic (exact) mass is 278 g/mol. The van der Waals surface area contributed by atoms with Crippen molar-refractivity contribution >= 4 is 11.6 Å². The van der Waals surface area contributed by atoms with Crippen LogP contribution in [0.3, 0.4) is 0 Å². The maximum Gasteiger partial charge on any atom is 0.254 e. The zero-order valence-electron chi connectivity index (χ0n) is 12.3. The molecule has 5 nitrogen and oxygen atoms in total. The molecule has 0 unspecified atom stereocenters. The summed E-state index contributed by atoms with van der Waals surface area (Å²) in [5.74, 6) is 0.631. The maximum absolute atomic E-state index is 12.0. The zero-order chi connectivity index (χ0) is 14.8. The lowest BCUT2D eigenvalue weighted by Gasteiger charge is -2.38. The van der Waals surface area contributed by atoms with Gasteiger partial charge in [-0.3, -0.25) is 4.79 Å². The van der Waals surface area contributed by atoms with Crippen molar-refractivity contribution in [3.05, 3.63) is 24.3 Å². The standard InChI is InChI=1S/C15H22N2O3/c1-15(2,19)14(18)17-10-8-16(9-11-17)12-6-4-5-7-13(12)20-3/h4-7,19H,8-11H2,1-3H3. The topological polar surface area (TPSA) is 53.0 Å². The Morgan fingerprint density at radius 2 is 1.80 bits per heavy atom. The van der Waals surface area contributed by atoms with E-state index in [1.165, 1.54) is 13.8 Å². The summed E-state index contributed by atoms with van der Waals surface area (Å²) in [6.45, 7) is 5.76. The lowest BCUT2D eigenvalue weighted by Crippen LogP contribution is -2.54. The smallest absolute Gasteiger partial charge is 0.254 e. The van der Waals surface area contributed by atoms with Gasteiger partial charge in [-0.15, -0.1) is 0 Å². The van der Waals surface area contributed by atoms with Gasteiger partial charge in [0, 0.05) is 26.2 Å². The molecule has 1 aliphatic rings. The first-order valence-corrected chi connectivity index (χ1v) is 6.83. The van der Waals surface area contributed by atoms with Gasteiger partial charge in [0.1, 0.15) is 11.4 Å². The minimum atomic E-state index is -1.30.